The van der Waals surface area contributed by atoms with Crippen LogP contribution in [-0.2, 0) is 4.74 Å². The van der Waals surface area contributed by atoms with Gasteiger partial charge in [0.2, 0.25) is 0 Å². The van der Waals surface area contributed by atoms with E-state index in [9.17, 15) is 4.79 Å². The smallest absolute Gasteiger partial charge is 0.410 e. The van der Waals surface area contributed by atoms with E-state index in [1.54, 1.807) is 11.1 Å². The zero-order valence-electron chi connectivity index (χ0n) is 13.8. The number of aromatic amines is 1. The molecule has 23 heavy (non-hydrogen) atoms. The first-order chi connectivity index (χ1) is 10.9. The summed E-state index contributed by atoms with van der Waals surface area (Å²) in [5.74, 6) is 0.785. The maximum atomic E-state index is 12.3. The second-order valence-electron chi connectivity index (χ2n) is 6.87. The van der Waals surface area contributed by atoms with E-state index in [2.05, 4.69) is 10.2 Å². The van der Waals surface area contributed by atoms with Crippen molar-refractivity contribution >= 4 is 17.0 Å². The number of rotatable bonds is 3. The van der Waals surface area contributed by atoms with Gasteiger partial charge < -0.3 is 14.4 Å². The first-order valence-corrected chi connectivity index (χ1v) is 7.98. The lowest BCUT2D eigenvalue weighted by Gasteiger charge is -2.28. The van der Waals surface area contributed by atoms with Crippen LogP contribution >= 0.6 is 0 Å². The van der Waals surface area contributed by atoms with Crippen molar-refractivity contribution in [3.05, 3.63) is 24.4 Å². The average molecular weight is 317 g/mol. The minimum Gasteiger partial charge on any atom is -0.491 e. The van der Waals surface area contributed by atoms with E-state index < -0.39 is 5.60 Å². The second-order valence-corrected chi connectivity index (χ2v) is 6.87. The molecule has 1 saturated heterocycles. The van der Waals surface area contributed by atoms with E-state index in [0.29, 0.717) is 6.61 Å². The lowest BCUT2D eigenvalue weighted by molar-refractivity contribution is 0.0188. The first-order valence-electron chi connectivity index (χ1n) is 7.98. The number of fused-ring (bicyclic) bond motifs is 1. The lowest BCUT2D eigenvalue weighted by Crippen LogP contribution is -2.42. The third-order valence-electron chi connectivity index (χ3n) is 3.88. The zero-order chi connectivity index (χ0) is 16.4. The maximum Gasteiger partial charge on any atom is 0.410 e. The maximum absolute atomic E-state index is 12.3. The molecule has 124 valence electrons. The number of benzene rings is 1. The van der Waals surface area contributed by atoms with Crippen LogP contribution in [0, 0.1) is 0 Å². The van der Waals surface area contributed by atoms with Gasteiger partial charge in [0, 0.05) is 6.54 Å². The number of amides is 1. The molecular formula is C17H23N3O3. The number of carbonyl (C=O) groups is 1. The molecule has 0 radical (unpaired) electrons. The Hall–Kier alpha value is -2.24. The number of nitrogens with zero attached hydrogens (tertiary/aromatic N) is 2. The number of hydrogen-bond acceptors (Lipinski definition) is 4. The lowest BCUT2D eigenvalue weighted by atomic mass is 10.2. The van der Waals surface area contributed by atoms with Crippen molar-refractivity contribution in [1.29, 1.82) is 0 Å². The number of H-pyrrole nitrogens is 1. The van der Waals surface area contributed by atoms with Crippen molar-refractivity contribution in [2.24, 2.45) is 0 Å². The molecule has 0 bridgehead atoms. The van der Waals surface area contributed by atoms with Crippen LogP contribution in [0.5, 0.6) is 5.75 Å². The molecule has 1 fully saturated rings. The number of likely N-dealkylation sites (tertiary alicyclic amines) is 1. The number of ether oxygens (including phenoxy) is 2. The minimum atomic E-state index is -0.479. The van der Waals surface area contributed by atoms with Crippen LogP contribution in [0.3, 0.4) is 0 Å². The fraction of sp³-hybridized carbons (Fsp3) is 0.529. The fourth-order valence-corrected chi connectivity index (χ4v) is 2.82. The largest absolute Gasteiger partial charge is 0.491 e. The highest BCUT2D eigenvalue weighted by molar-refractivity contribution is 5.84. The van der Waals surface area contributed by atoms with Crippen LogP contribution in [0.25, 0.3) is 10.9 Å². The van der Waals surface area contributed by atoms with Crippen LogP contribution in [0.15, 0.2) is 24.4 Å². The normalized spacial score (nSPS) is 18.4. The summed E-state index contributed by atoms with van der Waals surface area (Å²) in [6.07, 6.45) is 3.40. The van der Waals surface area contributed by atoms with E-state index in [1.807, 2.05) is 39.0 Å². The van der Waals surface area contributed by atoms with E-state index in [0.717, 1.165) is 36.0 Å². The van der Waals surface area contributed by atoms with Gasteiger partial charge in [-0.05, 0) is 45.7 Å². The molecule has 0 spiro atoms. The molecule has 1 aromatic carbocycles. The van der Waals surface area contributed by atoms with Gasteiger partial charge in [0.05, 0.1) is 23.1 Å². The van der Waals surface area contributed by atoms with Gasteiger partial charge in [0.25, 0.3) is 0 Å². The van der Waals surface area contributed by atoms with E-state index in [1.165, 1.54) is 0 Å². The standard InChI is InChI=1S/C17H23N3O3/c1-17(2,3)23-16(21)20-9-5-6-12(20)11-22-15-8-4-7-14-13(15)10-18-19-14/h4,7-8,10,12H,5-6,9,11H2,1-3H3,(H,18,19). The Balaban J connectivity index is 1.65. The Kier molecular flexibility index (Phi) is 4.15. The fourth-order valence-electron chi connectivity index (χ4n) is 2.82. The molecule has 3 rings (SSSR count). The van der Waals surface area contributed by atoms with Crippen LogP contribution < -0.4 is 4.74 Å². The summed E-state index contributed by atoms with van der Waals surface area (Å²) < 4.78 is 11.4. The molecule has 1 atom stereocenters. The van der Waals surface area contributed by atoms with E-state index >= 15 is 0 Å². The monoisotopic (exact) mass is 317 g/mol. The summed E-state index contributed by atoms with van der Waals surface area (Å²) >= 11 is 0. The van der Waals surface area contributed by atoms with Crippen LogP contribution in [0.4, 0.5) is 4.79 Å². The quantitative estimate of drug-likeness (QED) is 0.943. The van der Waals surface area contributed by atoms with Crippen molar-refractivity contribution < 1.29 is 14.3 Å². The Morgan fingerprint density at radius 3 is 3.04 bits per heavy atom. The number of hydrogen-bond donors (Lipinski definition) is 1. The van der Waals surface area contributed by atoms with Crippen LogP contribution in [0.1, 0.15) is 33.6 Å². The first kappa shape index (κ1) is 15.6. The molecule has 1 amide bonds. The van der Waals surface area contributed by atoms with Gasteiger partial charge in [0.1, 0.15) is 18.0 Å². The summed E-state index contributed by atoms with van der Waals surface area (Å²) in [5.41, 5.74) is 0.464. The van der Waals surface area contributed by atoms with Gasteiger partial charge in [-0.3, -0.25) is 5.10 Å². The molecule has 0 saturated carbocycles. The summed E-state index contributed by atoms with van der Waals surface area (Å²) in [6.45, 7) is 6.83. The number of carbonyl (C=O) groups excluding carboxylic acids is 1. The number of aromatic nitrogens is 2. The van der Waals surface area contributed by atoms with Crippen molar-refractivity contribution in [1.82, 2.24) is 15.1 Å². The highest BCUT2D eigenvalue weighted by Gasteiger charge is 2.32. The zero-order valence-corrected chi connectivity index (χ0v) is 13.8. The second kappa shape index (κ2) is 6.10. The molecule has 1 aliphatic rings. The SMILES string of the molecule is CC(C)(C)OC(=O)N1CCCC1COc1cccc2[nH]ncc12. The van der Waals surface area contributed by atoms with Crippen molar-refractivity contribution in [3.63, 3.8) is 0 Å². The Morgan fingerprint density at radius 1 is 1.43 bits per heavy atom. The predicted molar refractivity (Wildman–Crippen MR) is 87.6 cm³/mol. The van der Waals surface area contributed by atoms with E-state index in [-0.39, 0.29) is 12.1 Å². The Labute approximate surface area is 135 Å². The highest BCUT2D eigenvalue weighted by atomic mass is 16.6. The molecular weight excluding hydrogens is 294 g/mol. The molecule has 1 unspecified atom stereocenters. The molecule has 1 aromatic heterocycles. The summed E-state index contributed by atoms with van der Waals surface area (Å²) in [7, 11) is 0. The van der Waals surface area contributed by atoms with Gasteiger partial charge in [-0.2, -0.15) is 5.10 Å². The van der Waals surface area contributed by atoms with Gasteiger partial charge >= 0.3 is 6.09 Å². The molecule has 2 aromatic rings. The van der Waals surface area contributed by atoms with Gasteiger partial charge in [-0.1, -0.05) is 6.07 Å². The molecule has 2 heterocycles. The summed E-state index contributed by atoms with van der Waals surface area (Å²) in [5, 5.41) is 7.91. The van der Waals surface area contributed by atoms with Gasteiger partial charge in [0.15, 0.2) is 0 Å². The molecule has 6 heteroatoms. The number of nitrogens with one attached hydrogen (secondary N) is 1. The van der Waals surface area contributed by atoms with E-state index in [4.69, 9.17) is 9.47 Å². The third kappa shape index (κ3) is 3.57. The van der Waals surface area contributed by atoms with Gasteiger partial charge in [-0.25, -0.2) is 4.79 Å². The molecule has 1 N–H and O–H groups in total. The van der Waals surface area contributed by atoms with Crippen molar-refractivity contribution in [2.45, 2.75) is 45.3 Å². The molecule has 6 nitrogen and oxygen atoms in total. The molecule has 0 aliphatic carbocycles. The Morgan fingerprint density at radius 2 is 2.26 bits per heavy atom. The van der Waals surface area contributed by atoms with Crippen LogP contribution in [0.2, 0.25) is 0 Å². The molecule has 1 aliphatic heterocycles. The van der Waals surface area contributed by atoms with Crippen LogP contribution in [-0.4, -0.2) is 46.0 Å². The predicted octanol–water partition coefficient (Wildman–Crippen LogP) is 3.34. The highest BCUT2D eigenvalue weighted by Crippen LogP contribution is 2.26. The third-order valence-corrected chi connectivity index (χ3v) is 3.88. The summed E-state index contributed by atoms with van der Waals surface area (Å²) in [4.78, 5) is 14.1. The Bertz CT molecular complexity index is 690. The van der Waals surface area contributed by atoms with Gasteiger partial charge in [-0.15, -0.1) is 0 Å². The average Bonchev–Trinajstić information content (AvgIpc) is 3.12. The van der Waals surface area contributed by atoms with Crippen molar-refractivity contribution in [2.75, 3.05) is 13.2 Å². The minimum absolute atomic E-state index is 0.0482. The topological polar surface area (TPSA) is 67.4 Å². The van der Waals surface area contributed by atoms with Crippen molar-refractivity contribution in [3.8, 4) is 5.75 Å². The summed E-state index contributed by atoms with van der Waals surface area (Å²) in [6, 6.07) is 5.85.